The molecular formula is C29H31N3O4S. The van der Waals surface area contributed by atoms with E-state index in [1.165, 1.54) is 18.4 Å². The van der Waals surface area contributed by atoms with E-state index in [4.69, 9.17) is 9.15 Å². The van der Waals surface area contributed by atoms with Gasteiger partial charge in [0.25, 0.3) is 0 Å². The highest BCUT2D eigenvalue weighted by atomic mass is 32.1. The van der Waals surface area contributed by atoms with Crippen LogP contribution in [0.15, 0.2) is 53.1 Å². The molecule has 3 aromatic heterocycles. The monoisotopic (exact) mass is 517 g/mol. The molecule has 1 fully saturated rings. The second kappa shape index (κ2) is 10.5. The van der Waals surface area contributed by atoms with Gasteiger partial charge in [-0.3, -0.25) is 4.79 Å². The molecule has 1 aliphatic rings. The van der Waals surface area contributed by atoms with Gasteiger partial charge in [0.1, 0.15) is 4.88 Å². The summed E-state index contributed by atoms with van der Waals surface area (Å²) in [5.74, 6) is 0.802. The second-order valence-electron chi connectivity index (χ2n) is 10.00. The Hall–Kier alpha value is -3.52. The molecule has 0 N–H and O–H groups in total. The number of ether oxygens (including phenoxy) is 1. The van der Waals surface area contributed by atoms with Crippen LogP contribution in [0.3, 0.4) is 0 Å². The summed E-state index contributed by atoms with van der Waals surface area (Å²) in [6, 6.07) is 13.3. The summed E-state index contributed by atoms with van der Waals surface area (Å²) in [4.78, 5) is 38.3. The maximum Gasteiger partial charge on any atom is 0.350 e. The first-order chi connectivity index (χ1) is 17.9. The van der Waals surface area contributed by atoms with Crippen LogP contribution in [-0.4, -0.2) is 35.0 Å². The van der Waals surface area contributed by atoms with Gasteiger partial charge in [0.15, 0.2) is 11.2 Å². The van der Waals surface area contributed by atoms with Crippen LogP contribution in [0.5, 0.6) is 0 Å². The van der Waals surface area contributed by atoms with Crippen molar-refractivity contribution in [2.75, 3.05) is 12.0 Å². The molecule has 192 valence electrons. The number of benzene rings is 1. The van der Waals surface area contributed by atoms with E-state index in [1.54, 1.807) is 11.1 Å². The number of nitrogens with zero attached hydrogens (tertiary/aromatic N) is 3. The van der Waals surface area contributed by atoms with Gasteiger partial charge in [0.05, 0.1) is 12.8 Å². The van der Waals surface area contributed by atoms with E-state index >= 15 is 0 Å². The van der Waals surface area contributed by atoms with Crippen molar-refractivity contribution in [3.8, 4) is 21.9 Å². The van der Waals surface area contributed by atoms with E-state index in [1.807, 2.05) is 56.3 Å². The number of thiophene rings is 1. The molecule has 0 radical (unpaired) electrons. The lowest BCUT2D eigenvalue weighted by Gasteiger charge is -2.33. The minimum Gasteiger partial charge on any atom is -0.465 e. The number of rotatable bonds is 6. The second-order valence-corrected chi connectivity index (χ2v) is 11.0. The molecule has 5 rings (SSSR count). The first-order valence-corrected chi connectivity index (χ1v) is 13.5. The third-order valence-corrected chi connectivity index (χ3v) is 8.20. The Morgan fingerprint density at radius 1 is 1.08 bits per heavy atom. The number of hydrogen-bond donors (Lipinski definition) is 0. The summed E-state index contributed by atoms with van der Waals surface area (Å²) in [6.45, 7) is 6.23. The Morgan fingerprint density at radius 2 is 1.78 bits per heavy atom. The maximum absolute atomic E-state index is 13.7. The standard InChI is InChI=1S/C29H31N3O4S/c1-17(2)32(28(33)21-9-7-18(3)8-10-21)22-16-24(37-25(22)29(34)35-4)19-11-13-20(14-12-19)27-31-26-23(36-27)6-5-15-30-26/h5-6,11-18,21H,7-10H2,1-4H3/t18-,21-. The molecule has 1 aliphatic carbocycles. The number of esters is 1. The van der Waals surface area contributed by atoms with Gasteiger partial charge in [-0.15, -0.1) is 11.3 Å². The first-order valence-electron chi connectivity index (χ1n) is 12.7. The van der Waals surface area contributed by atoms with Crippen LogP contribution in [0.1, 0.15) is 56.1 Å². The maximum atomic E-state index is 13.7. The third kappa shape index (κ3) is 5.03. The van der Waals surface area contributed by atoms with Crippen molar-refractivity contribution in [3.63, 3.8) is 0 Å². The molecule has 0 unspecified atom stereocenters. The molecule has 0 aliphatic heterocycles. The van der Waals surface area contributed by atoms with E-state index in [9.17, 15) is 9.59 Å². The fourth-order valence-electron chi connectivity index (χ4n) is 4.97. The van der Waals surface area contributed by atoms with Crippen molar-refractivity contribution in [3.05, 3.63) is 53.5 Å². The van der Waals surface area contributed by atoms with Gasteiger partial charge in [-0.25, -0.2) is 9.78 Å². The van der Waals surface area contributed by atoms with E-state index in [2.05, 4.69) is 16.9 Å². The highest BCUT2D eigenvalue weighted by Crippen LogP contribution is 2.40. The lowest BCUT2D eigenvalue weighted by Crippen LogP contribution is -2.42. The summed E-state index contributed by atoms with van der Waals surface area (Å²) in [5, 5.41) is 0. The molecule has 1 saturated carbocycles. The summed E-state index contributed by atoms with van der Waals surface area (Å²) in [5.41, 5.74) is 3.59. The molecule has 1 aromatic carbocycles. The lowest BCUT2D eigenvalue weighted by atomic mass is 9.82. The Balaban J connectivity index is 1.48. The van der Waals surface area contributed by atoms with E-state index in [0.717, 1.165) is 41.7 Å². The quantitative estimate of drug-likeness (QED) is 0.257. The van der Waals surface area contributed by atoms with E-state index < -0.39 is 5.97 Å². The summed E-state index contributed by atoms with van der Waals surface area (Å²) in [7, 11) is 1.37. The Kier molecular flexibility index (Phi) is 7.11. The minimum atomic E-state index is -0.433. The third-order valence-electron chi connectivity index (χ3n) is 7.04. The molecule has 4 aromatic rings. The van der Waals surface area contributed by atoms with Crippen LogP contribution in [-0.2, 0) is 9.53 Å². The molecule has 37 heavy (non-hydrogen) atoms. The number of amides is 1. The Labute approximate surface area is 220 Å². The van der Waals surface area contributed by atoms with Crippen LogP contribution < -0.4 is 4.90 Å². The smallest absolute Gasteiger partial charge is 0.350 e. The van der Waals surface area contributed by atoms with Crippen LogP contribution in [0.2, 0.25) is 0 Å². The molecule has 1 amide bonds. The van der Waals surface area contributed by atoms with Crippen molar-refractivity contribution in [1.29, 1.82) is 0 Å². The minimum absolute atomic E-state index is 0.0162. The van der Waals surface area contributed by atoms with Crippen LogP contribution in [0.4, 0.5) is 5.69 Å². The van der Waals surface area contributed by atoms with Crippen LogP contribution in [0, 0.1) is 11.8 Å². The molecule has 7 nitrogen and oxygen atoms in total. The van der Waals surface area contributed by atoms with Crippen molar-refractivity contribution in [2.24, 2.45) is 11.8 Å². The van der Waals surface area contributed by atoms with Gasteiger partial charge in [-0.1, -0.05) is 19.1 Å². The summed E-state index contributed by atoms with van der Waals surface area (Å²) >= 11 is 1.34. The zero-order chi connectivity index (χ0) is 26.1. The molecule has 0 atom stereocenters. The average Bonchev–Trinajstić information content (AvgIpc) is 3.54. The fraction of sp³-hybridized carbons (Fsp3) is 0.379. The van der Waals surface area contributed by atoms with Crippen molar-refractivity contribution >= 4 is 40.1 Å². The number of carbonyl (C=O) groups excluding carboxylic acids is 2. The number of hydrogen-bond acceptors (Lipinski definition) is 7. The number of pyridine rings is 1. The number of anilines is 1. The zero-order valence-corrected chi connectivity index (χ0v) is 22.4. The van der Waals surface area contributed by atoms with Gasteiger partial charge < -0.3 is 14.1 Å². The number of methoxy groups -OCH3 is 1. The van der Waals surface area contributed by atoms with Gasteiger partial charge in [0, 0.05) is 28.6 Å². The highest BCUT2D eigenvalue weighted by Gasteiger charge is 2.33. The lowest BCUT2D eigenvalue weighted by molar-refractivity contribution is -0.123. The molecular weight excluding hydrogens is 486 g/mol. The van der Waals surface area contributed by atoms with E-state index in [0.29, 0.717) is 33.6 Å². The van der Waals surface area contributed by atoms with Crippen LogP contribution >= 0.6 is 11.3 Å². The topological polar surface area (TPSA) is 85.5 Å². The van der Waals surface area contributed by atoms with Crippen LogP contribution in [0.25, 0.3) is 33.1 Å². The zero-order valence-electron chi connectivity index (χ0n) is 21.6. The highest BCUT2D eigenvalue weighted by molar-refractivity contribution is 7.18. The predicted octanol–water partition coefficient (Wildman–Crippen LogP) is 6.97. The number of oxazole rings is 1. The van der Waals surface area contributed by atoms with Gasteiger partial charge in [0.2, 0.25) is 11.8 Å². The van der Waals surface area contributed by atoms with Crippen molar-refractivity contribution in [1.82, 2.24) is 9.97 Å². The molecule has 0 bridgehead atoms. The number of fused-ring (bicyclic) bond motifs is 1. The number of aromatic nitrogens is 2. The Morgan fingerprint density at radius 3 is 2.43 bits per heavy atom. The normalized spacial score (nSPS) is 17.8. The largest absolute Gasteiger partial charge is 0.465 e. The van der Waals surface area contributed by atoms with Gasteiger partial charge >= 0.3 is 5.97 Å². The molecule has 0 spiro atoms. The summed E-state index contributed by atoms with van der Waals surface area (Å²) < 4.78 is 10.9. The summed E-state index contributed by atoms with van der Waals surface area (Å²) in [6.07, 6.45) is 5.58. The van der Waals surface area contributed by atoms with Gasteiger partial charge in [-0.2, -0.15) is 4.98 Å². The van der Waals surface area contributed by atoms with E-state index in [-0.39, 0.29) is 17.9 Å². The Bertz CT molecular complexity index is 1380. The number of carbonyl (C=O) groups is 2. The predicted molar refractivity (Wildman–Crippen MR) is 146 cm³/mol. The molecule has 8 heteroatoms. The van der Waals surface area contributed by atoms with Crippen molar-refractivity contribution < 1.29 is 18.7 Å². The fourth-order valence-corrected chi connectivity index (χ4v) is 6.04. The molecule has 0 saturated heterocycles. The SMILES string of the molecule is COC(=O)c1sc(-c2ccc(-c3nc4ncccc4o3)cc2)cc1N(C(=O)[C@H]1CC[C@H](C)CC1)C(C)C. The molecule has 3 heterocycles. The van der Waals surface area contributed by atoms with Crippen molar-refractivity contribution in [2.45, 2.75) is 52.5 Å². The van der Waals surface area contributed by atoms with Gasteiger partial charge in [-0.05, 0) is 81.3 Å². The average molecular weight is 518 g/mol. The first kappa shape index (κ1) is 25.1.